The number of rotatable bonds is 8. The van der Waals surface area contributed by atoms with Crippen molar-refractivity contribution in [3.63, 3.8) is 0 Å². The molecule has 0 aliphatic carbocycles. The number of hydrogen-bond donors (Lipinski definition) is 1. The highest BCUT2D eigenvalue weighted by molar-refractivity contribution is 6.24. The van der Waals surface area contributed by atoms with Gasteiger partial charge in [0.1, 0.15) is 5.54 Å². The SMILES string of the molecule is CCC[C@]1(C(=O)OC)N[C@@H](c2cc(OC)c(OC)c(OC)c2)[C@H]2C(=O)N(c3ccc(C)cc3)C(=O)[C@@H]21. The van der Waals surface area contributed by atoms with Crippen molar-refractivity contribution >= 4 is 23.5 Å². The first kappa shape index (κ1) is 25.5. The summed E-state index contributed by atoms with van der Waals surface area (Å²) in [5.74, 6) is -1.93. The third kappa shape index (κ3) is 3.78. The number of methoxy groups -OCH3 is 4. The number of nitrogens with zero attached hydrogens (tertiary/aromatic N) is 1. The lowest BCUT2D eigenvalue weighted by Crippen LogP contribution is -2.56. The number of anilines is 1. The minimum Gasteiger partial charge on any atom is -0.493 e. The number of esters is 1. The van der Waals surface area contributed by atoms with Crippen LogP contribution in [0.3, 0.4) is 0 Å². The molecule has 1 N–H and O–H groups in total. The van der Waals surface area contributed by atoms with Crippen LogP contribution in [-0.4, -0.2) is 51.8 Å². The van der Waals surface area contributed by atoms with E-state index in [0.29, 0.717) is 41.3 Å². The molecule has 2 aliphatic heterocycles. The summed E-state index contributed by atoms with van der Waals surface area (Å²) >= 11 is 0. The molecule has 0 bridgehead atoms. The first-order valence-electron chi connectivity index (χ1n) is 11.9. The van der Waals surface area contributed by atoms with Crippen molar-refractivity contribution in [1.82, 2.24) is 5.32 Å². The molecule has 2 heterocycles. The standard InChI is InChI=1S/C27H32N2O7/c1-7-12-27(26(32)36-6)21-20(24(30)29(25(21)31)17-10-8-15(2)9-11-17)22(28-27)16-13-18(33-3)23(35-5)19(14-16)34-4/h8-11,13-14,20-22,28H,7,12H2,1-6H3/t20-,21+,22-,27-/m0/s1. The average molecular weight is 497 g/mol. The Morgan fingerprint density at radius 3 is 2.08 bits per heavy atom. The molecule has 0 spiro atoms. The van der Waals surface area contributed by atoms with E-state index in [9.17, 15) is 14.4 Å². The molecule has 9 nitrogen and oxygen atoms in total. The predicted molar refractivity (Wildman–Crippen MR) is 132 cm³/mol. The molecule has 2 amide bonds. The molecular weight excluding hydrogens is 464 g/mol. The van der Waals surface area contributed by atoms with Gasteiger partial charge in [-0.2, -0.15) is 0 Å². The molecule has 2 aliphatic rings. The number of imide groups is 1. The smallest absolute Gasteiger partial charge is 0.326 e. The van der Waals surface area contributed by atoms with Gasteiger partial charge in [-0.25, -0.2) is 4.90 Å². The zero-order chi connectivity index (χ0) is 26.2. The maximum atomic E-state index is 13.9. The molecule has 9 heteroatoms. The number of amides is 2. The Kier molecular flexibility index (Phi) is 6.95. The molecule has 0 unspecified atom stereocenters. The fourth-order valence-electron chi connectivity index (χ4n) is 5.61. The molecule has 36 heavy (non-hydrogen) atoms. The van der Waals surface area contributed by atoms with Gasteiger partial charge in [0, 0.05) is 6.04 Å². The van der Waals surface area contributed by atoms with E-state index in [4.69, 9.17) is 18.9 Å². The van der Waals surface area contributed by atoms with E-state index in [1.807, 2.05) is 26.0 Å². The molecular formula is C27H32N2O7. The third-order valence-electron chi connectivity index (χ3n) is 7.19. The van der Waals surface area contributed by atoms with E-state index in [2.05, 4.69) is 5.32 Å². The van der Waals surface area contributed by atoms with Gasteiger partial charge < -0.3 is 18.9 Å². The summed E-state index contributed by atoms with van der Waals surface area (Å²) in [6, 6.07) is 9.98. The summed E-state index contributed by atoms with van der Waals surface area (Å²) < 4.78 is 21.7. The van der Waals surface area contributed by atoms with Crippen LogP contribution >= 0.6 is 0 Å². The van der Waals surface area contributed by atoms with Crippen LogP contribution in [0, 0.1) is 18.8 Å². The van der Waals surface area contributed by atoms with Crippen molar-refractivity contribution < 1.29 is 33.3 Å². The maximum Gasteiger partial charge on any atom is 0.326 e. The number of nitrogens with one attached hydrogen (secondary N) is 1. The summed E-state index contributed by atoms with van der Waals surface area (Å²) in [6.45, 7) is 3.85. The fraction of sp³-hybridized carbons (Fsp3) is 0.444. The summed E-state index contributed by atoms with van der Waals surface area (Å²) in [6.07, 6.45) is 0.918. The molecule has 4 atom stereocenters. The van der Waals surface area contributed by atoms with Gasteiger partial charge >= 0.3 is 5.97 Å². The highest BCUT2D eigenvalue weighted by Crippen LogP contribution is 2.53. The van der Waals surface area contributed by atoms with Crippen molar-refractivity contribution in [2.75, 3.05) is 33.3 Å². The molecule has 2 fully saturated rings. The highest BCUT2D eigenvalue weighted by Gasteiger charge is 2.68. The quantitative estimate of drug-likeness (QED) is 0.439. The Bertz CT molecular complexity index is 1150. The summed E-state index contributed by atoms with van der Waals surface area (Å²) in [7, 11) is 5.81. The van der Waals surface area contributed by atoms with Crippen molar-refractivity contribution in [3.05, 3.63) is 47.5 Å². The van der Waals surface area contributed by atoms with E-state index in [1.54, 1.807) is 24.3 Å². The normalized spacial score (nSPS) is 25.1. The zero-order valence-corrected chi connectivity index (χ0v) is 21.4. The largest absolute Gasteiger partial charge is 0.493 e. The average Bonchev–Trinajstić information content (AvgIpc) is 3.37. The van der Waals surface area contributed by atoms with E-state index in [-0.39, 0.29) is 5.91 Å². The number of fused-ring (bicyclic) bond motifs is 1. The van der Waals surface area contributed by atoms with Gasteiger partial charge in [0.05, 0.1) is 46.0 Å². The van der Waals surface area contributed by atoms with Crippen LogP contribution < -0.4 is 24.4 Å². The number of aryl methyl sites for hydroxylation is 1. The first-order valence-corrected chi connectivity index (χ1v) is 11.9. The molecule has 192 valence electrons. The Morgan fingerprint density at radius 2 is 1.58 bits per heavy atom. The molecule has 2 aromatic rings. The van der Waals surface area contributed by atoms with E-state index < -0.39 is 35.3 Å². The summed E-state index contributed by atoms with van der Waals surface area (Å²) in [5, 5.41) is 3.36. The summed E-state index contributed by atoms with van der Waals surface area (Å²) in [5.41, 5.74) is 0.743. The van der Waals surface area contributed by atoms with Crippen LogP contribution in [0.1, 0.15) is 36.9 Å². The minimum atomic E-state index is -1.37. The number of carbonyl (C=O) groups excluding carboxylic acids is 3. The van der Waals surface area contributed by atoms with Gasteiger partial charge in [0.2, 0.25) is 17.6 Å². The van der Waals surface area contributed by atoms with E-state index in [0.717, 1.165) is 5.56 Å². The molecule has 4 rings (SSSR count). The molecule has 0 saturated carbocycles. The molecule has 0 radical (unpaired) electrons. The molecule has 2 saturated heterocycles. The number of ether oxygens (including phenoxy) is 4. The predicted octanol–water partition coefficient (Wildman–Crippen LogP) is 3.18. The summed E-state index contributed by atoms with van der Waals surface area (Å²) in [4.78, 5) is 42.3. The van der Waals surface area contributed by atoms with Gasteiger partial charge in [0.15, 0.2) is 11.5 Å². The van der Waals surface area contributed by atoms with Crippen LogP contribution in [0.5, 0.6) is 17.2 Å². The van der Waals surface area contributed by atoms with Crippen LogP contribution in [0.2, 0.25) is 0 Å². The second-order valence-electron chi connectivity index (χ2n) is 9.14. The van der Waals surface area contributed by atoms with Gasteiger partial charge in [-0.3, -0.25) is 19.7 Å². The van der Waals surface area contributed by atoms with Crippen LogP contribution in [0.25, 0.3) is 0 Å². The van der Waals surface area contributed by atoms with Crippen molar-refractivity contribution in [2.45, 2.75) is 38.3 Å². The topological polar surface area (TPSA) is 103 Å². The Balaban J connectivity index is 1.90. The van der Waals surface area contributed by atoms with E-state index >= 15 is 0 Å². The second kappa shape index (κ2) is 9.81. The van der Waals surface area contributed by atoms with Crippen LogP contribution in [-0.2, 0) is 19.1 Å². The van der Waals surface area contributed by atoms with Crippen molar-refractivity contribution in [3.8, 4) is 17.2 Å². The van der Waals surface area contributed by atoms with Gasteiger partial charge in [0.25, 0.3) is 0 Å². The van der Waals surface area contributed by atoms with E-state index in [1.165, 1.54) is 33.3 Å². The molecule has 2 aromatic carbocycles. The number of carbonyl (C=O) groups is 3. The molecule has 0 aromatic heterocycles. The minimum absolute atomic E-state index is 0.322. The van der Waals surface area contributed by atoms with Gasteiger partial charge in [-0.15, -0.1) is 0 Å². The lowest BCUT2D eigenvalue weighted by Gasteiger charge is -2.32. The third-order valence-corrected chi connectivity index (χ3v) is 7.19. The first-order chi connectivity index (χ1) is 17.3. The van der Waals surface area contributed by atoms with Gasteiger partial charge in [-0.05, 0) is 43.2 Å². The fourth-order valence-corrected chi connectivity index (χ4v) is 5.61. The van der Waals surface area contributed by atoms with Crippen molar-refractivity contribution in [1.29, 1.82) is 0 Å². The van der Waals surface area contributed by atoms with Gasteiger partial charge in [-0.1, -0.05) is 31.0 Å². The Hall–Kier alpha value is -3.59. The zero-order valence-electron chi connectivity index (χ0n) is 21.4. The second-order valence-corrected chi connectivity index (χ2v) is 9.14. The number of hydrogen-bond acceptors (Lipinski definition) is 8. The maximum absolute atomic E-state index is 13.9. The monoisotopic (exact) mass is 496 g/mol. The number of benzene rings is 2. The Morgan fingerprint density at radius 1 is 0.972 bits per heavy atom. The van der Waals surface area contributed by atoms with Crippen LogP contribution in [0.15, 0.2) is 36.4 Å². The Labute approximate surface area is 210 Å². The highest BCUT2D eigenvalue weighted by atomic mass is 16.5. The van der Waals surface area contributed by atoms with Crippen LogP contribution in [0.4, 0.5) is 5.69 Å². The lowest BCUT2D eigenvalue weighted by molar-refractivity contribution is -0.152. The van der Waals surface area contributed by atoms with Crippen molar-refractivity contribution in [2.24, 2.45) is 11.8 Å². The lowest BCUT2D eigenvalue weighted by atomic mass is 9.77.